The van der Waals surface area contributed by atoms with Gasteiger partial charge in [0.1, 0.15) is 37.1 Å². The molecule has 7 N–H and O–H groups in total. The van der Waals surface area contributed by atoms with Crippen LogP contribution in [0.15, 0.2) is 41.7 Å². The lowest BCUT2D eigenvalue weighted by Crippen LogP contribution is -2.60. The Labute approximate surface area is 222 Å². The Bertz CT molecular complexity index is 1080. The summed E-state index contributed by atoms with van der Waals surface area (Å²) < 4.78 is 26.5. The first-order valence-corrected chi connectivity index (χ1v) is 11.9. The summed E-state index contributed by atoms with van der Waals surface area (Å²) in [4.78, 5) is 25.1. The molecule has 0 radical (unpaired) electrons. The number of carbonyl (C=O) groups excluding carboxylic acids is 2. The molecule has 2 aliphatic heterocycles. The maximum Gasteiger partial charge on any atom is 0.337 e. The number of ether oxygens (including phenoxy) is 5. The zero-order valence-corrected chi connectivity index (χ0v) is 21.1. The minimum atomic E-state index is -1.72. The predicted octanol–water partition coefficient (Wildman–Crippen LogP) is -1.14. The highest BCUT2D eigenvalue weighted by Gasteiger charge is 2.46. The SMILES string of the molecule is CC=C1C(OC2OC(CO)C(O)C(O)C2O)OC=C(C(=O)OC)C1CC(=O)OCC(O)c1ccc(O)c(O)c1. The summed E-state index contributed by atoms with van der Waals surface area (Å²) in [5.41, 5.74) is 0.359. The number of allylic oxidation sites excluding steroid dienone is 1. The molecule has 216 valence electrons. The molecule has 8 atom stereocenters. The van der Waals surface area contributed by atoms with E-state index in [9.17, 15) is 45.3 Å². The van der Waals surface area contributed by atoms with E-state index in [0.717, 1.165) is 19.4 Å². The van der Waals surface area contributed by atoms with Crippen LogP contribution in [-0.2, 0) is 33.3 Å². The summed E-state index contributed by atoms with van der Waals surface area (Å²) in [5, 5.41) is 69.1. The van der Waals surface area contributed by atoms with Crippen LogP contribution in [0.5, 0.6) is 11.5 Å². The molecule has 0 bridgehead atoms. The summed E-state index contributed by atoms with van der Waals surface area (Å²) in [7, 11) is 1.13. The Morgan fingerprint density at radius 1 is 1.10 bits per heavy atom. The summed E-state index contributed by atoms with van der Waals surface area (Å²) in [6, 6.07) is 3.62. The van der Waals surface area contributed by atoms with E-state index in [1.807, 2.05) is 0 Å². The number of hydrogen-bond donors (Lipinski definition) is 7. The second-order valence-corrected chi connectivity index (χ2v) is 8.86. The van der Waals surface area contributed by atoms with Crippen molar-refractivity contribution in [2.45, 2.75) is 56.4 Å². The molecule has 1 aromatic rings. The molecular weight excluding hydrogens is 524 g/mol. The molecule has 0 aliphatic carbocycles. The van der Waals surface area contributed by atoms with Gasteiger partial charge in [0, 0.05) is 11.5 Å². The molecule has 2 heterocycles. The van der Waals surface area contributed by atoms with Gasteiger partial charge in [0.05, 0.1) is 32.0 Å². The van der Waals surface area contributed by atoms with Crippen LogP contribution in [0.25, 0.3) is 0 Å². The lowest BCUT2D eigenvalue weighted by Gasteiger charge is -2.41. The zero-order valence-electron chi connectivity index (χ0n) is 21.1. The Balaban J connectivity index is 1.74. The fourth-order valence-electron chi connectivity index (χ4n) is 4.17. The molecule has 1 saturated heterocycles. The average molecular weight is 557 g/mol. The van der Waals surface area contributed by atoms with E-state index in [4.69, 9.17) is 23.7 Å². The number of phenols is 2. The van der Waals surface area contributed by atoms with Gasteiger partial charge >= 0.3 is 11.9 Å². The van der Waals surface area contributed by atoms with Gasteiger partial charge in [-0.05, 0) is 24.6 Å². The highest BCUT2D eigenvalue weighted by Crippen LogP contribution is 2.36. The Hall–Kier alpha value is -3.24. The summed E-state index contributed by atoms with van der Waals surface area (Å²) >= 11 is 0. The molecule has 0 aromatic heterocycles. The quantitative estimate of drug-likeness (QED) is 0.109. The van der Waals surface area contributed by atoms with E-state index in [1.165, 1.54) is 18.2 Å². The second kappa shape index (κ2) is 13.2. The summed E-state index contributed by atoms with van der Waals surface area (Å²) in [6.07, 6.45) is -8.39. The minimum Gasteiger partial charge on any atom is -0.504 e. The topological polar surface area (TPSA) is 222 Å². The molecule has 1 aromatic carbocycles. The summed E-state index contributed by atoms with van der Waals surface area (Å²) in [5.74, 6) is -3.48. The van der Waals surface area contributed by atoms with Gasteiger partial charge < -0.3 is 59.4 Å². The molecule has 2 aliphatic rings. The van der Waals surface area contributed by atoms with Crippen molar-refractivity contribution >= 4 is 11.9 Å². The fraction of sp³-hybridized carbons (Fsp3) is 0.520. The number of aromatic hydroxyl groups is 2. The van der Waals surface area contributed by atoms with Crippen molar-refractivity contribution in [1.82, 2.24) is 0 Å². The van der Waals surface area contributed by atoms with Gasteiger partial charge in [-0.2, -0.15) is 0 Å². The number of hydrogen-bond acceptors (Lipinski definition) is 14. The van der Waals surface area contributed by atoms with Gasteiger partial charge in [-0.1, -0.05) is 12.1 Å². The standard InChI is InChI=1S/C25H32O14/c1-3-12-13(7-19(30)36-10-17(29)11-4-5-15(27)16(28)6-11)14(23(34)35-2)9-37-24(12)39-25-22(33)21(32)20(31)18(8-26)38-25/h3-6,9,13,17-18,20-22,24-29,31-33H,7-8,10H2,1-2H3. The molecule has 0 amide bonds. The smallest absolute Gasteiger partial charge is 0.337 e. The van der Waals surface area contributed by atoms with Crippen molar-refractivity contribution < 1.29 is 69.0 Å². The van der Waals surface area contributed by atoms with Crippen LogP contribution in [0.3, 0.4) is 0 Å². The highest BCUT2D eigenvalue weighted by atomic mass is 16.8. The van der Waals surface area contributed by atoms with Crippen molar-refractivity contribution in [2.75, 3.05) is 20.3 Å². The van der Waals surface area contributed by atoms with Crippen molar-refractivity contribution in [3.05, 3.63) is 47.2 Å². The molecule has 3 rings (SSSR count). The minimum absolute atomic E-state index is 0.0554. The van der Waals surface area contributed by atoms with Gasteiger partial charge in [0.15, 0.2) is 17.8 Å². The Kier molecular flexibility index (Phi) is 10.3. The van der Waals surface area contributed by atoms with E-state index in [2.05, 4.69) is 0 Å². The van der Waals surface area contributed by atoms with E-state index >= 15 is 0 Å². The molecular formula is C25H32O14. The second-order valence-electron chi connectivity index (χ2n) is 8.86. The number of aliphatic hydroxyl groups is 5. The van der Waals surface area contributed by atoms with E-state index in [0.29, 0.717) is 0 Å². The summed E-state index contributed by atoms with van der Waals surface area (Å²) in [6.45, 7) is 0.394. The molecule has 8 unspecified atom stereocenters. The van der Waals surface area contributed by atoms with E-state index in [-0.39, 0.29) is 22.5 Å². The molecule has 1 fully saturated rings. The van der Waals surface area contributed by atoms with Crippen LogP contribution < -0.4 is 0 Å². The monoisotopic (exact) mass is 556 g/mol. The van der Waals surface area contributed by atoms with Crippen LogP contribution in [0, 0.1) is 5.92 Å². The molecule has 39 heavy (non-hydrogen) atoms. The van der Waals surface area contributed by atoms with Gasteiger partial charge in [-0.3, -0.25) is 4.79 Å². The maximum atomic E-state index is 12.7. The van der Waals surface area contributed by atoms with Gasteiger partial charge in [-0.25, -0.2) is 4.79 Å². The lowest BCUT2D eigenvalue weighted by atomic mass is 9.86. The average Bonchev–Trinajstić information content (AvgIpc) is 2.93. The zero-order chi connectivity index (χ0) is 28.9. The van der Waals surface area contributed by atoms with Crippen LogP contribution in [0.1, 0.15) is 25.0 Å². The van der Waals surface area contributed by atoms with Crippen molar-refractivity contribution in [3.8, 4) is 11.5 Å². The molecule has 0 spiro atoms. The van der Waals surface area contributed by atoms with Gasteiger partial charge in [0.25, 0.3) is 0 Å². The first-order valence-electron chi connectivity index (χ1n) is 11.9. The van der Waals surface area contributed by atoms with Crippen LogP contribution in [0.2, 0.25) is 0 Å². The maximum absolute atomic E-state index is 12.7. The van der Waals surface area contributed by atoms with E-state index < -0.39 is 86.3 Å². The first kappa shape index (κ1) is 30.3. The molecule has 0 saturated carbocycles. The fourth-order valence-corrected chi connectivity index (χ4v) is 4.17. The third-order valence-electron chi connectivity index (χ3n) is 6.39. The predicted molar refractivity (Wildman–Crippen MR) is 127 cm³/mol. The van der Waals surface area contributed by atoms with Gasteiger partial charge in [-0.15, -0.1) is 0 Å². The first-order chi connectivity index (χ1) is 18.5. The normalized spacial score (nSPS) is 30.7. The van der Waals surface area contributed by atoms with Crippen molar-refractivity contribution in [1.29, 1.82) is 0 Å². The third-order valence-corrected chi connectivity index (χ3v) is 6.39. The molecule has 14 heteroatoms. The number of aliphatic hydroxyl groups excluding tert-OH is 5. The van der Waals surface area contributed by atoms with Crippen LogP contribution in [-0.4, -0.2) is 105 Å². The number of carbonyl (C=O) groups is 2. The van der Waals surface area contributed by atoms with Gasteiger partial charge in [0.2, 0.25) is 6.29 Å². The third kappa shape index (κ3) is 6.86. The number of methoxy groups -OCH3 is 1. The highest BCUT2D eigenvalue weighted by molar-refractivity contribution is 5.90. The Morgan fingerprint density at radius 2 is 1.82 bits per heavy atom. The lowest BCUT2D eigenvalue weighted by molar-refractivity contribution is -0.327. The number of benzene rings is 1. The van der Waals surface area contributed by atoms with E-state index in [1.54, 1.807) is 6.92 Å². The Morgan fingerprint density at radius 3 is 2.44 bits per heavy atom. The van der Waals surface area contributed by atoms with Crippen LogP contribution in [0.4, 0.5) is 0 Å². The van der Waals surface area contributed by atoms with Crippen molar-refractivity contribution in [3.63, 3.8) is 0 Å². The van der Waals surface area contributed by atoms with Crippen molar-refractivity contribution in [2.24, 2.45) is 5.92 Å². The number of esters is 2. The largest absolute Gasteiger partial charge is 0.504 e. The number of phenolic OH excluding ortho intramolecular Hbond substituents is 2. The number of rotatable bonds is 9. The van der Waals surface area contributed by atoms with Crippen LogP contribution >= 0.6 is 0 Å². The molecule has 14 nitrogen and oxygen atoms in total.